The highest BCUT2D eigenvalue weighted by Crippen LogP contribution is 2.23. The summed E-state index contributed by atoms with van der Waals surface area (Å²) >= 11 is 3.08. The van der Waals surface area contributed by atoms with Gasteiger partial charge in [-0.1, -0.05) is 18.2 Å². The van der Waals surface area contributed by atoms with Gasteiger partial charge in [0.1, 0.15) is 16.8 Å². The van der Waals surface area contributed by atoms with Crippen LogP contribution in [0.1, 0.15) is 16.3 Å². The second kappa shape index (κ2) is 6.67. The SMILES string of the molecule is O=C(Nc1ccccc1)c1ccc(Cn2cc(Br)c([N+](=O)[O-])n2)o1. The Bertz CT molecular complexity index is 888. The van der Waals surface area contributed by atoms with E-state index < -0.39 is 4.92 Å². The summed E-state index contributed by atoms with van der Waals surface area (Å²) in [6, 6.07) is 12.2. The summed E-state index contributed by atoms with van der Waals surface area (Å²) in [7, 11) is 0. The van der Waals surface area contributed by atoms with Crippen molar-refractivity contribution in [3.63, 3.8) is 0 Å². The first-order chi connectivity index (χ1) is 11.5. The first-order valence-corrected chi connectivity index (χ1v) is 7.64. The lowest BCUT2D eigenvalue weighted by Crippen LogP contribution is -2.10. The Morgan fingerprint density at radius 1 is 1.29 bits per heavy atom. The van der Waals surface area contributed by atoms with Gasteiger partial charge in [-0.2, -0.15) is 4.68 Å². The number of rotatable bonds is 5. The molecule has 1 amide bonds. The monoisotopic (exact) mass is 390 g/mol. The zero-order chi connectivity index (χ0) is 17.1. The molecule has 0 saturated heterocycles. The van der Waals surface area contributed by atoms with Gasteiger partial charge in [0.05, 0.1) is 11.3 Å². The third-order valence-electron chi connectivity index (χ3n) is 3.11. The molecule has 3 aromatic rings. The van der Waals surface area contributed by atoms with Crippen LogP contribution in [0.5, 0.6) is 0 Å². The van der Waals surface area contributed by atoms with Crippen molar-refractivity contribution in [2.75, 3.05) is 5.32 Å². The van der Waals surface area contributed by atoms with Crippen LogP contribution >= 0.6 is 15.9 Å². The second-order valence-electron chi connectivity index (χ2n) is 4.84. The molecule has 0 aliphatic rings. The summed E-state index contributed by atoms with van der Waals surface area (Å²) in [4.78, 5) is 22.3. The number of anilines is 1. The Morgan fingerprint density at radius 2 is 2.04 bits per heavy atom. The molecule has 8 nitrogen and oxygen atoms in total. The molecular weight excluding hydrogens is 380 g/mol. The summed E-state index contributed by atoms with van der Waals surface area (Å²) in [6.07, 6.45) is 1.48. The van der Waals surface area contributed by atoms with Gasteiger partial charge in [0, 0.05) is 5.69 Å². The number of halogens is 1. The summed E-state index contributed by atoms with van der Waals surface area (Å²) in [5.41, 5.74) is 0.659. The van der Waals surface area contributed by atoms with Crippen molar-refractivity contribution in [2.45, 2.75) is 6.54 Å². The van der Waals surface area contributed by atoms with Gasteiger partial charge in [-0.3, -0.25) is 4.79 Å². The molecule has 3 rings (SSSR count). The van der Waals surface area contributed by atoms with E-state index in [1.807, 2.05) is 18.2 Å². The fraction of sp³-hybridized carbons (Fsp3) is 0.0667. The Morgan fingerprint density at radius 3 is 2.71 bits per heavy atom. The van der Waals surface area contributed by atoms with Crippen molar-refractivity contribution in [3.8, 4) is 0 Å². The van der Waals surface area contributed by atoms with E-state index >= 15 is 0 Å². The average molecular weight is 391 g/mol. The number of furan rings is 1. The molecule has 0 fully saturated rings. The zero-order valence-electron chi connectivity index (χ0n) is 12.2. The number of nitro groups is 1. The molecule has 1 aromatic carbocycles. The maximum atomic E-state index is 12.1. The molecule has 0 aliphatic heterocycles. The van der Waals surface area contributed by atoms with Crippen LogP contribution in [0.15, 0.2) is 57.6 Å². The van der Waals surface area contributed by atoms with Crippen LogP contribution in [0.25, 0.3) is 0 Å². The summed E-state index contributed by atoms with van der Waals surface area (Å²) in [5.74, 6) is -0.0450. The van der Waals surface area contributed by atoms with Crippen molar-refractivity contribution < 1.29 is 14.1 Å². The molecule has 1 N–H and O–H groups in total. The number of benzene rings is 1. The lowest BCUT2D eigenvalue weighted by molar-refractivity contribution is -0.390. The van der Waals surface area contributed by atoms with Crippen LogP contribution in [0, 0.1) is 10.1 Å². The van der Waals surface area contributed by atoms with Crippen molar-refractivity contribution >= 4 is 33.3 Å². The number of hydrogen-bond acceptors (Lipinski definition) is 5. The van der Waals surface area contributed by atoms with E-state index in [4.69, 9.17) is 4.42 Å². The third kappa shape index (κ3) is 3.51. The smallest absolute Gasteiger partial charge is 0.404 e. The Labute approximate surface area is 144 Å². The quantitative estimate of drug-likeness (QED) is 0.530. The largest absolute Gasteiger partial charge is 0.454 e. The van der Waals surface area contributed by atoms with E-state index in [0.717, 1.165) is 0 Å². The highest BCUT2D eigenvalue weighted by molar-refractivity contribution is 9.10. The van der Waals surface area contributed by atoms with Gasteiger partial charge in [0.2, 0.25) is 0 Å². The van der Waals surface area contributed by atoms with Crippen LogP contribution in [0.2, 0.25) is 0 Å². The minimum atomic E-state index is -0.582. The van der Waals surface area contributed by atoms with E-state index in [2.05, 4.69) is 26.3 Å². The molecule has 0 atom stereocenters. The predicted octanol–water partition coefficient (Wildman–Crippen LogP) is 3.45. The second-order valence-corrected chi connectivity index (χ2v) is 5.70. The van der Waals surface area contributed by atoms with Gasteiger partial charge in [-0.15, -0.1) is 0 Å². The van der Waals surface area contributed by atoms with Crippen LogP contribution < -0.4 is 5.32 Å². The number of carbonyl (C=O) groups excluding carboxylic acids is 1. The fourth-order valence-electron chi connectivity index (χ4n) is 2.05. The number of hydrogen-bond donors (Lipinski definition) is 1. The van der Waals surface area contributed by atoms with E-state index in [0.29, 0.717) is 11.4 Å². The lowest BCUT2D eigenvalue weighted by Gasteiger charge is -2.02. The summed E-state index contributed by atoms with van der Waals surface area (Å²) in [5, 5.41) is 17.3. The molecule has 0 spiro atoms. The minimum Gasteiger partial charge on any atom is -0.454 e. The minimum absolute atomic E-state index is 0.148. The van der Waals surface area contributed by atoms with Crippen molar-refractivity contribution in [1.82, 2.24) is 9.78 Å². The van der Waals surface area contributed by atoms with E-state index in [1.54, 1.807) is 24.3 Å². The van der Waals surface area contributed by atoms with Crippen molar-refractivity contribution in [3.05, 3.63) is 74.8 Å². The fourth-order valence-corrected chi connectivity index (χ4v) is 2.51. The number of para-hydroxylation sites is 1. The molecule has 0 radical (unpaired) electrons. The number of nitrogens with one attached hydrogen (secondary N) is 1. The lowest BCUT2D eigenvalue weighted by atomic mass is 10.3. The predicted molar refractivity (Wildman–Crippen MR) is 88.8 cm³/mol. The summed E-state index contributed by atoms with van der Waals surface area (Å²) < 4.78 is 7.11. The normalized spacial score (nSPS) is 10.5. The Hall–Kier alpha value is -2.94. The Balaban J connectivity index is 1.70. The molecule has 0 aliphatic carbocycles. The Kier molecular flexibility index (Phi) is 4.43. The first kappa shape index (κ1) is 15.9. The molecular formula is C15H11BrN4O4. The van der Waals surface area contributed by atoms with Crippen LogP contribution in [0.4, 0.5) is 11.5 Å². The first-order valence-electron chi connectivity index (χ1n) is 6.85. The standard InChI is InChI=1S/C15H11BrN4O4/c16-12-9-19(18-14(12)20(22)23)8-11-6-7-13(24-11)15(21)17-10-4-2-1-3-5-10/h1-7,9H,8H2,(H,17,21). The number of aromatic nitrogens is 2. The molecule has 2 heterocycles. The van der Waals surface area contributed by atoms with Crippen molar-refractivity contribution in [2.24, 2.45) is 0 Å². The van der Waals surface area contributed by atoms with Crippen LogP contribution in [-0.2, 0) is 6.54 Å². The highest BCUT2D eigenvalue weighted by atomic mass is 79.9. The van der Waals surface area contributed by atoms with E-state index in [9.17, 15) is 14.9 Å². The van der Waals surface area contributed by atoms with E-state index in [-0.39, 0.29) is 28.5 Å². The maximum absolute atomic E-state index is 12.1. The highest BCUT2D eigenvalue weighted by Gasteiger charge is 2.20. The average Bonchev–Trinajstić information content (AvgIpc) is 3.15. The van der Waals surface area contributed by atoms with Gasteiger partial charge >= 0.3 is 5.82 Å². The van der Waals surface area contributed by atoms with Crippen LogP contribution in [0.3, 0.4) is 0 Å². The van der Waals surface area contributed by atoms with E-state index in [1.165, 1.54) is 10.9 Å². The number of amides is 1. The number of nitrogens with zero attached hydrogens (tertiary/aromatic N) is 3. The maximum Gasteiger partial charge on any atom is 0.404 e. The molecule has 122 valence electrons. The molecule has 0 saturated carbocycles. The molecule has 24 heavy (non-hydrogen) atoms. The van der Waals surface area contributed by atoms with Crippen LogP contribution in [-0.4, -0.2) is 20.6 Å². The molecule has 0 unspecified atom stereocenters. The zero-order valence-corrected chi connectivity index (χ0v) is 13.8. The molecule has 9 heteroatoms. The number of carbonyl (C=O) groups is 1. The topological polar surface area (TPSA) is 103 Å². The van der Waals surface area contributed by atoms with Gasteiger partial charge < -0.3 is 19.8 Å². The van der Waals surface area contributed by atoms with Crippen molar-refractivity contribution in [1.29, 1.82) is 0 Å². The molecule has 0 bridgehead atoms. The molecule has 2 aromatic heterocycles. The van der Waals surface area contributed by atoms with Gasteiger partial charge in [0.15, 0.2) is 5.76 Å². The summed E-state index contributed by atoms with van der Waals surface area (Å²) in [6.45, 7) is 0.172. The van der Waals surface area contributed by atoms with Gasteiger partial charge in [-0.25, -0.2) is 0 Å². The van der Waals surface area contributed by atoms with Gasteiger partial charge in [-0.05, 0) is 45.1 Å². The van der Waals surface area contributed by atoms with Gasteiger partial charge in [0.25, 0.3) is 5.91 Å². The third-order valence-corrected chi connectivity index (χ3v) is 3.67.